The average molecular weight is 258 g/mol. The summed E-state index contributed by atoms with van der Waals surface area (Å²) in [7, 11) is 0. The van der Waals surface area contributed by atoms with Crippen molar-refractivity contribution < 1.29 is 33.7 Å². The van der Waals surface area contributed by atoms with Crippen LogP contribution in [-0.2, 0) is 23.8 Å². The van der Waals surface area contributed by atoms with Crippen LogP contribution in [0.15, 0.2) is 12.2 Å². The molecule has 100 valence electrons. The van der Waals surface area contributed by atoms with Crippen molar-refractivity contribution in [2.24, 2.45) is 0 Å². The van der Waals surface area contributed by atoms with Crippen LogP contribution in [0.1, 0.15) is 26.2 Å². The van der Waals surface area contributed by atoms with Gasteiger partial charge in [-0.25, -0.2) is 14.4 Å². The van der Waals surface area contributed by atoms with Crippen LogP contribution in [0.3, 0.4) is 0 Å². The summed E-state index contributed by atoms with van der Waals surface area (Å²) in [5.74, 6) is -4.46. The number of esters is 2. The molecule has 0 aromatic heterocycles. The van der Waals surface area contributed by atoms with Gasteiger partial charge < -0.3 is 19.3 Å². The highest BCUT2D eigenvalue weighted by molar-refractivity contribution is 5.94. The van der Waals surface area contributed by atoms with Crippen molar-refractivity contribution in [2.75, 3.05) is 6.61 Å². The predicted octanol–water partition coefficient (Wildman–Crippen LogP) is 0.658. The molecule has 0 spiro atoms. The van der Waals surface area contributed by atoms with Crippen LogP contribution >= 0.6 is 0 Å². The Balaban J connectivity index is 2.63. The van der Waals surface area contributed by atoms with Crippen LogP contribution in [0, 0.1) is 0 Å². The minimum Gasteiger partial charge on any atom is -0.461 e. The lowest BCUT2D eigenvalue weighted by atomic mass is 10.1. The molecule has 18 heavy (non-hydrogen) atoms. The number of hydrogen-bond acceptors (Lipinski definition) is 7. The molecule has 0 saturated carbocycles. The van der Waals surface area contributed by atoms with Crippen molar-refractivity contribution >= 4 is 18.1 Å². The number of rotatable bonds is 2. The molecule has 1 saturated heterocycles. The zero-order valence-electron chi connectivity index (χ0n) is 9.93. The third kappa shape index (κ3) is 3.56. The first-order valence-corrected chi connectivity index (χ1v) is 5.35. The van der Waals surface area contributed by atoms with Crippen LogP contribution in [-0.4, -0.2) is 35.6 Å². The number of cyclic esters (lactones) is 1. The van der Waals surface area contributed by atoms with E-state index >= 15 is 0 Å². The monoisotopic (exact) mass is 258 g/mol. The lowest BCUT2D eigenvalue weighted by molar-refractivity contribution is -0.213. The molecule has 1 aliphatic rings. The van der Waals surface area contributed by atoms with E-state index in [2.05, 4.69) is 20.8 Å². The van der Waals surface area contributed by atoms with E-state index in [9.17, 15) is 19.5 Å². The second-order valence-corrected chi connectivity index (χ2v) is 3.90. The Bertz CT molecular complexity index is 387. The summed E-state index contributed by atoms with van der Waals surface area (Å²) in [5.41, 5.74) is -0.0117. The van der Waals surface area contributed by atoms with Gasteiger partial charge in [-0.15, -0.1) is 0 Å². The van der Waals surface area contributed by atoms with Crippen LogP contribution < -0.4 is 0 Å². The second kappa shape index (κ2) is 5.63. The molecular weight excluding hydrogens is 244 g/mol. The highest BCUT2D eigenvalue weighted by Gasteiger charge is 2.44. The van der Waals surface area contributed by atoms with E-state index in [0.29, 0.717) is 12.8 Å². The first kappa shape index (κ1) is 14.2. The quantitative estimate of drug-likeness (QED) is 0.336. The summed E-state index contributed by atoms with van der Waals surface area (Å²) in [5, 5.41) is 9.81. The van der Waals surface area contributed by atoms with E-state index in [1.165, 1.54) is 6.92 Å². The van der Waals surface area contributed by atoms with Gasteiger partial charge in [0.1, 0.15) is 0 Å². The molecule has 0 aromatic rings. The molecule has 1 rings (SSSR count). The smallest absolute Gasteiger partial charge is 0.461 e. The standard InChI is InChI=1S/C11H14O7/c1-7(2)8(12)17-10(14)18-11(15)5-3-4-6-16-9(11)13/h15H,1,3-6H2,2H3. The maximum absolute atomic E-state index is 11.4. The number of ether oxygens (including phenoxy) is 3. The van der Waals surface area contributed by atoms with E-state index in [-0.39, 0.29) is 18.6 Å². The maximum atomic E-state index is 11.4. The topological polar surface area (TPSA) is 99.1 Å². The van der Waals surface area contributed by atoms with Gasteiger partial charge in [0.15, 0.2) is 0 Å². The molecule has 1 atom stereocenters. The summed E-state index contributed by atoms with van der Waals surface area (Å²) in [6.45, 7) is 4.75. The largest absolute Gasteiger partial charge is 0.519 e. The normalized spacial score (nSPS) is 23.6. The highest BCUT2D eigenvalue weighted by atomic mass is 16.8. The minimum absolute atomic E-state index is 0.0117. The average Bonchev–Trinajstić information content (AvgIpc) is 2.41. The molecule has 7 nitrogen and oxygen atoms in total. The Morgan fingerprint density at radius 2 is 2.11 bits per heavy atom. The molecule has 1 aliphatic heterocycles. The summed E-state index contributed by atoms with van der Waals surface area (Å²) in [6, 6.07) is 0. The van der Waals surface area contributed by atoms with E-state index in [4.69, 9.17) is 0 Å². The van der Waals surface area contributed by atoms with E-state index in [1.54, 1.807) is 0 Å². The first-order valence-electron chi connectivity index (χ1n) is 5.35. The van der Waals surface area contributed by atoms with Crippen LogP contribution in [0.2, 0.25) is 0 Å². The Morgan fingerprint density at radius 1 is 1.44 bits per heavy atom. The van der Waals surface area contributed by atoms with Gasteiger partial charge in [-0.05, 0) is 19.8 Å². The zero-order chi connectivity index (χ0) is 13.8. The molecule has 1 unspecified atom stereocenters. The number of carbonyl (C=O) groups is 3. The molecular formula is C11H14O7. The van der Waals surface area contributed by atoms with Crippen molar-refractivity contribution in [3.8, 4) is 0 Å². The van der Waals surface area contributed by atoms with Gasteiger partial charge in [-0.1, -0.05) is 6.58 Å². The molecule has 0 radical (unpaired) electrons. The lowest BCUT2D eigenvalue weighted by Gasteiger charge is -2.22. The molecule has 7 heteroatoms. The van der Waals surface area contributed by atoms with Crippen molar-refractivity contribution in [1.29, 1.82) is 0 Å². The molecule has 1 N–H and O–H groups in total. The maximum Gasteiger partial charge on any atom is 0.519 e. The Kier molecular flexibility index (Phi) is 4.43. The first-order chi connectivity index (χ1) is 8.35. The molecule has 0 amide bonds. The van der Waals surface area contributed by atoms with Gasteiger partial charge in [0.25, 0.3) is 0 Å². The fraction of sp³-hybridized carbons (Fsp3) is 0.545. The minimum atomic E-state index is -2.40. The molecule has 0 aromatic carbocycles. The summed E-state index contributed by atoms with van der Waals surface area (Å²) in [6.07, 6.45) is -0.590. The zero-order valence-corrected chi connectivity index (χ0v) is 9.93. The Morgan fingerprint density at radius 3 is 2.72 bits per heavy atom. The third-order valence-corrected chi connectivity index (χ3v) is 2.24. The van der Waals surface area contributed by atoms with Crippen molar-refractivity contribution in [3.63, 3.8) is 0 Å². The van der Waals surface area contributed by atoms with Crippen molar-refractivity contribution in [1.82, 2.24) is 0 Å². The Hall–Kier alpha value is -1.89. The summed E-state index contributed by atoms with van der Waals surface area (Å²) >= 11 is 0. The third-order valence-electron chi connectivity index (χ3n) is 2.24. The van der Waals surface area contributed by atoms with E-state index in [1.807, 2.05) is 0 Å². The molecule has 0 bridgehead atoms. The Labute approximate surface area is 103 Å². The van der Waals surface area contributed by atoms with Crippen LogP contribution in [0.4, 0.5) is 4.79 Å². The van der Waals surface area contributed by atoms with E-state index < -0.39 is 23.9 Å². The number of aliphatic hydroxyl groups is 1. The van der Waals surface area contributed by atoms with E-state index in [0.717, 1.165) is 0 Å². The van der Waals surface area contributed by atoms with Gasteiger partial charge in [0.05, 0.1) is 6.61 Å². The number of hydrogen-bond donors (Lipinski definition) is 1. The fourth-order valence-corrected chi connectivity index (χ4v) is 1.26. The van der Waals surface area contributed by atoms with Crippen molar-refractivity contribution in [2.45, 2.75) is 32.0 Å². The summed E-state index contributed by atoms with van der Waals surface area (Å²) in [4.78, 5) is 33.6. The van der Waals surface area contributed by atoms with Crippen LogP contribution in [0.25, 0.3) is 0 Å². The van der Waals surface area contributed by atoms with Gasteiger partial charge >= 0.3 is 23.9 Å². The molecule has 1 heterocycles. The lowest BCUT2D eigenvalue weighted by Crippen LogP contribution is -2.44. The van der Waals surface area contributed by atoms with Gasteiger partial charge in [-0.3, -0.25) is 0 Å². The van der Waals surface area contributed by atoms with Gasteiger partial charge in [-0.2, -0.15) is 0 Å². The second-order valence-electron chi connectivity index (χ2n) is 3.90. The summed E-state index contributed by atoms with van der Waals surface area (Å²) < 4.78 is 13.3. The predicted molar refractivity (Wildman–Crippen MR) is 57.1 cm³/mol. The SMILES string of the molecule is C=C(C)C(=O)OC(=O)OC1(O)CCCCOC1=O. The van der Waals surface area contributed by atoms with Crippen molar-refractivity contribution in [3.05, 3.63) is 12.2 Å². The molecule has 1 fully saturated rings. The van der Waals surface area contributed by atoms with Crippen LogP contribution in [0.5, 0.6) is 0 Å². The van der Waals surface area contributed by atoms with Gasteiger partial charge in [0, 0.05) is 12.0 Å². The van der Waals surface area contributed by atoms with Gasteiger partial charge in [0.2, 0.25) is 0 Å². The fourth-order valence-electron chi connectivity index (χ4n) is 1.26. The molecule has 0 aliphatic carbocycles. The highest BCUT2D eigenvalue weighted by Crippen LogP contribution is 2.22. The number of carbonyl (C=O) groups excluding carboxylic acids is 3.